The first kappa shape index (κ1) is 33.0. The van der Waals surface area contributed by atoms with E-state index in [4.69, 9.17) is 9.40 Å². The molecule has 0 unspecified atom stereocenters. The Morgan fingerprint density at radius 2 is 1.35 bits per heavy atom. The molecule has 3 N–H and O–H groups in total. The van der Waals surface area contributed by atoms with E-state index in [9.17, 15) is 4.79 Å². The number of oxazole rings is 1. The standard InChI is InChI=1S/C31H34N4O2.2ClH.H2O/c1-23-10-9-11-24(2)29(23)32-27(36)22-35-20-18-34(19-21-35)17-16-28-33-30(25-12-5-3-6-13-25)31(37-28)26-14-7-4-8-15-26;;;/h3-15H,16-22H2,1-2H3,(H,32,36);2*1H;1H2. The monoisotopic (exact) mass is 584 g/mol. The van der Waals surface area contributed by atoms with Crippen molar-refractivity contribution < 1.29 is 14.7 Å². The number of amides is 1. The van der Waals surface area contributed by atoms with Gasteiger partial charge in [0.1, 0.15) is 5.69 Å². The zero-order chi connectivity index (χ0) is 25.6. The Morgan fingerprint density at radius 3 is 1.95 bits per heavy atom. The van der Waals surface area contributed by atoms with Gasteiger partial charge in [0.2, 0.25) is 5.91 Å². The summed E-state index contributed by atoms with van der Waals surface area (Å²) in [7, 11) is 0. The van der Waals surface area contributed by atoms with Crippen LogP contribution >= 0.6 is 24.8 Å². The van der Waals surface area contributed by atoms with Crippen LogP contribution in [-0.4, -0.2) is 65.4 Å². The van der Waals surface area contributed by atoms with Crippen molar-refractivity contribution in [1.82, 2.24) is 14.8 Å². The zero-order valence-electron chi connectivity index (χ0n) is 22.9. The fraction of sp³-hybridized carbons (Fsp3) is 0.290. The lowest BCUT2D eigenvalue weighted by Gasteiger charge is -2.34. The molecule has 1 aliphatic rings. The molecule has 3 aromatic carbocycles. The van der Waals surface area contributed by atoms with Crippen LogP contribution < -0.4 is 5.32 Å². The van der Waals surface area contributed by atoms with Crippen LogP contribution in [0.4, 0.5) is 5.69 Å². The van der Waals surface area contributed by atoms with Gasteiger partial charge >= 0.3 is 0 Å². The number of hydrogen-bond donors (Lipinski definition) is 1. The van der Waals surface area contributed by atoms with Crippen LogP contribution in [0.3, 0.4) is 0 Å². The van der Waals surface area contributed by atoms with Gasteiger partial charge in [-0.3, -0.25) is 9.69 Å². The lowest BCUT2D eigenvalue weighted by molar-refractivity contribution is -0.117. The molecule has 2 heterocycles. The smallest absolute Gasteiger partial charge is 0.238 e. The van der Waals surface area contributed by atoms with E-state index < -0.39 is 0 Å². The lowest BCUT2D eigenvalue weighted by Crippen LogP contribution is -2.49. The number of para-hydroxylation sites is 1. The molecule has 1 aromatic heterocycles. The number of rotatable bonds is 8. The van der Waals surface area contributed by atoms with Gasteiger partial charge in [0.15, 0.2) is 11.7 Å². The fourth-order valence-corrected chi connectivity index (χ4v) is 4.87. The topological polar surface area (TPSA) is 93.1 Å². The van der Waals surface area contributed by atoms with Crippen LogP contribution in [0.1, 0.15) is 17.0 Å². The van der Waals surface area contributed by atoms with E-state index in [1.807, 2.05) is 68.4 Å². The minimum absolute atomic E-state index is 0. The van der Waals surface area contributed by atoms with E-state index in [0.29, 0.717) is 6.54 Å². The summed E-state index contributed by atoms with van der Waals surface area (Å²) in [6, 6.07) is 26.5. The predicted molar refractivity (Wildman–Crippen MR) is 167 cm³/mol. The van der Waals surface area contributed by atoms with E-state index in [-0.39, 0.29) is 36.2 Å². The number of piperazine rings is 1. The molecule has 0 atom stereocenters. The number of benzene rings is 3. The van der Waals surface area contributed by atoms with Crippen LogP contribution in [0.2, 0.25) is 0 Å². The van der Waals surface area contributed by atoms with Crippen LogP contribution in [0.15, 0.2) is 83.3 Å². The predicted octanol–water partition coefficient (Wildman–Crippen LogP) is 5.44. The van der Waals surface area contributed by atoms with Gasteiger partial charge in [0.25, 0.3) is 0 Å². The minimum Gasteiger partial charge on any atom is -0.440 e. The second kappa shape index (κ2) is 15.6. The SMILES string of the molecule is Cc1cccc(C)c1NC(=O)CN1CCN(CCc2nc(-c3ccccc3)c(-c3ccccc3)o2)CC1.Cl.Cl.O. The summed E-state index contributed by atoms with van der Waals surface area (Å²) in [5.41, 5.74) is 6.10. The van der Waals surface area contributed by atoms with Gasteiger partial charge in [0, 0.05) is 56.0 Å². The van der Waals surface area contributed by atoms with Crippen molar-refractivity contribution >= 4 is 36.4 Å². The molecule has 1 aliphatic heterocycles. The summed E-state index contributed by atoms with van der Waals surface area (Å²) in [4.78, 5) is 22.2. The van der Waals surface area contributed by atoms with Gasteiger partial charge in [-0.25, -0.2) is 4.98 Å². The third kappa shape index (κ3) is 8.16. The third-order valence-electron chi connectivity index (χ3n) is 6.97. The molecule has 1 amide bonds. The van der Waals surface area contributed by atoms with Gasteiger partial charge in [-0.1, -0.05) is 78.9 Å². The number of carbonyl (C=O) groups excluding carboxylic acids is 1. The highest BCUT2D eigenvalue weighted by atomic mass is 35.5. The van der Waals surface area contributed by atoms with Crippen molar-refractivity contribution in [3.8, 4) is 22.6 Å². The number of aryl methyl sites for hydroxylation is 2. The van der Waals surface area contributed by atoms with Crippen molar-refractivity contribution in [2.24, 2.45) is 0 Å². The molecule has 1 fully saturated rings. The van der Waals surface area contributed by atoms with Crippen molar-refractivity contribution in [1.29, 1.82) is 0 Å². The van der Waals surface area contributed by atoms with Crippen LogP contribution in [0.25, 0.3) is 22.6 Å². The second-order valence-electron chi connectivity index (χ2n) is 9.70. The molecule has 0 saturated carbocycles. The van der Waals surface area contributed by atoms with Crippen molar-refractivity contribution in [3.05, 3.63) is 95.9 Å². The summed E-state index contributed by atoms with van der Waals surface area (Å²) in [6.07, 6.45) is 0.750. The normalized spacial score (nSPS) is 13.4. The van der Waals surface area contributed by atoms with Crippen LogP contribution in [0, 0.1) is 13.8 Å². The molecule has 1 saturated heterocycles. The number of hydrogen-bond acceptors (Lipinski definition) is 5. The minimum atomic E-state index is 0. The highest BCUT2D eigenvalue weighted by molar-refractivity contribution is 5.93. The van der Waals surface area contributed by atoms with Crippen molar-refractivity contribution in [2.75, 3.05) is 44.6 Å². The molecule has 214 valence electrons. The number of carbonyl (C=O) groups is 1. The number of nitrogens with zero attached hydrogens (tertiary/aromatic N) is 3. The summed E-state index contributed by atoms with van der Waals surface area (Å²) in [6.45, 7) is 8.95. The first-order chi connectivity index (χ1) is 18.1. The van der Waals surface area contributed by atoms with Gasteiger partial charge in [-0.05, 0) is 25.0 Å². The first-order valence-electron chi connectivity index (χ1n) is 13.0. The van der Waals surface area contributed by atoms with E-state index in [1.54, 1.807) is 0 Å². The van der Waals surface area contributed by atoms with Crippen LogP contribution in [0.5, 0.6) is 0 Å². The molecule has 40 heavy (non-hydrogen) atoms. The van der Waals surface area contributed by atoms with Gasteiger partial charge < -0.3 is 20.1 Å². The highest BCUT2D eigenvalue weighted by Gasteiger charge is 2.21. The molecule has 0 bridgehead atoms. The second-order valence-corrected chi connectivity index (χ2v) is 9.70. The maximum Gasteiger partial charge on any atom is 0.238 e. The number of halogens is 2. The van der Waals surface area contributed by atoms with Crippen molar-refractivity contribution in [3.63, 3.8) is 0 Å². The Labute approximate surface area is 248 Å². The molecule has 0 aliphatic carbocycles. The molecule has 5 rings (SSSR count). The maximum atomic E-state index is 12.7. The molecular formula is C31H38Cl2N4O3. The molecular weight excluding hydrogens is 547 g/mol. The number of anilines is 1. The van der Waals surface area contributed by atoms with Gasteiger partial charge in [0.05, 0.1) is 6.54 Å². The number of aromatic nitrogens is 1. The Hall–Kier alpha value is -3.20. The summed E-state index contributed by atoms with van der Waals surface area (Å²) < 4.78 is 6.29. The summed E-state index contributed by atoms with van der Waals surface area (Å²) >= 11 is 0. The quantitative estimate of drug-likeness (QED) is 0.297. The van der Waals surface area contributed by atoms with E-state index in [1.165, 1.54) is 0 Å². The Balaban J connectivity index is 0.00000187. The molecule has 0 radical (unpaired) electrons. The average molecular weight is 586 g/mol. The van der Waals surface area contributed by atoms with E-state index in [0.717, 1.165) is 84.4 Å². The lowest BCUT2D eigenvalue weighted by atomic mass is 10.1. The summed E-state index contributed by atoms with van der Waals surface area (Å²) in [5.74, 6) is 1.63. The Bertz CT molecular complexity index is 1260. The maximum absolute atomic E-state index is 12.7. The Kier molecular flexibility index (Phi) is 12.8. The zero-order valence-corrected chi connectivity index (χ0v) is 24.6. The molecule has 7 nitrogen and oxygen atoms in total. The Morgan fingerprint density at radius 1 is 0.800 bits per heavy atom. The van der Waals surface area contributed by atoms with Gasteiger partial charge in [-0.15, -0.1) is 24.8 Å². The highest BCUT2D eigenvalue weighted by Crippen LogP contribution is 2.32. The third-order valence-corrected chi connectivity index (χ3v) is 6.97. The average Bonchev–Trinajstić information content (AvgIpc) is 3.36. The fourth-order valence-electron chi connectivity index (χ4n) is 4.87. The van der Waals surface area contributed by atoms with Gasteiger partial charge in [-0.2, -0.15) is 0 Å². The van der Waals surface area contributed by atoms with E-state index >= 15 is 0 Å². The molecule has 0 spiro atoms. The molecule has 4 aromatic rings. The van der Waals surface area contributed by atoms with Crippen LogP contribution in [-0.2, 0) is 11.2 Å². The first-order valence-corrected chi connectivity index (χ1v) is 13.0. The number of nitrogens with one attached hydrogen (secondary N) is 1. The largest absolute Gasteiger partial charge is 0.440 e. The molecule has 9 heteroatoms. The summed E-state index contributed by atoms with van der Waals surface area (Å²) in [5, 5.41) is 3.10. The van der Waals surface area contributed by atoms with E-state index in [2.05, 4.69) is 39.4 Å². The van der Waals surface area contributed by atoms with Crippen molar-refractivity contribution in [2.45, 2.75) is 20.3 Å².